The molecule has 136 valence electrons. The number of carbonyl (C=O) groups excluding carboxylic acids is 1. The van der Waals surface area contributed by atoms with Gasteiger partial charge in [-0.3, -0.25) is 4.79 Å². The number of ether oxygens (including phenoxy) is 1. The molecule has 2 unspecified atom stereocenters. The van der Waals surface area contributed by atoms with Crippen molar-refractivity contribution in [3.8, 4) is 0 Å². The number of morpholine rings is 1. The predicted octanol–water partition coefficient (Wildman–Crippen LogP) is 2.56. The fourth-order valence-corrected chi connectivity index (χ4v) is 4.21. The first-order valence-corrected chi connectivity index (χ1v) is 9.63. The van der Waals surface area contributed by atoms with Crippen LogP contribution in [0.4, 0.5) is 5.69 Å². The average molecular weight is 364 g/mol. The molecule has 6 nitrogen and oxygen atoms in total. The summed E-state index contributed by atoms with van der Waals surface area (Å²) in [6.45, 7) is 6.25. The molecule has 0 spiro atoms. The van der Waals surface area contributed by atoms with Crippen molar-refractivity contribution in [2.24, 2.45) is 0 Å². The maximum atomic E-state index is 12.8. The molecule has 1 fully saturated rings. The van der Waals surface area contributed by atoms with Crippen LogP contribution < -0.4 is 5.32 Å². The van der Waals surface area contributed by atoms with Crippen LogP contribution in [-0.4, -0.2) is 43.9 Å². The van der Waals surface area contributed by atoms with Crippen LogP contribution in [0, 0.1) is 0 Å². The Morgan fingerprint density at radius 3 is 2.32 bits per heavy atom. The number of allylic oxidation sites excluding steroid dienone is 3. The number of carbonyl (C=O) groups is 1. The molecule has 1 aliphatic heterocycles. The van der Waals surface area contributed by atoms with Gasteiger partial charge in [-0.15, -0.1) is 0 Å². The van der Waals surface area contributed by atoms with Crippen LogP contribution in [0.5, 0.6) is 0 Å². The summed E-state index contributed by atoms with van der Waals surface area (Å²) in [6.07, 6.45) is 6.33. The van der Waals surface area contributed by atoms with E-state index in [0.29, 0.717) is 18.8 Å². The minimum absolute atomic E-state index is 0.138. The van der Waals surface area contributed by atoms with Gasteiger partial charge in [-0.25, -0.2) is 8.42 Å². The van der Waals surface area contributed by atoms with Crippen molar-refractivity contribution in [3.05, 3.63) is 48.6 Å². The first kappa shape index (κ1) is 19.4. The maximum Gasteiger partial charge on any atom is 0.248 e. The van der Waals surface area contributed by atoms with E-state index in [0.717, 1.165) is 0 Å². The summed E-state index contributed by atoms with van der Waals surface area (Å²) < 4.78 is 32.5. The number of anilines is 1. The molecule has 0 aromatic heterocycles. The lowest BCUT2D eigenvalue weighted by molar-refractivity contribution is -0.111. The molecule has 1 aliphatic rings. The van der Waals surface area contributed by atoms with Crippen molar-refractivity contribution >= 4 is 21.6 Å². The summed E-state index contributed by atoms with van der Waals surface area (Å²) in [5, 5.41) is 2.69. The van der Waals surface area contributed by atoms with Gasteiger partial charge in [-0.05, 0) is 45.0 Å². The lowest BCUT2D eigenvalue weighted by Gasteiger charge is -2.34. The van der Waals surface area contributed by atoms with Crippen LogP contribution in [-0.2, 0) is 19.6 Å². The van der Waals surface area contributed by atoms with Crippen molar-refractivity contribution in [1.82, 2.24) is 4.31 Å². The molecule has 1 heterocycles. The summed E-state index contributed by atoms with van der Waals surface area (Å²) in [7, 11) is -3.57. The smallest absolute Gasteiger partial charge is 0.248 e. The van der Waals surface area contributed by atoms with E-state index >= 15 is 0 Å². The first-order chi connectivity index (χ1) is 11.8. The molecular weight excluding hydrogens is 340 g/mol. The molecule has 1 saturated heterocycles. The number of nitrogens with zero attached hydrogens (tertiary/aromatic N) is 1. The molecule has 0 bridgehead atoms. The topological polar surface area (TPSA) is 75.7 Å². The SMILES string of the molecule is C/C=C/C=C/C(=O)Nc1ccc(S(=O)(=O)N2CC(C)OC(C)C2)cc1. The molecule has 2 atom stereocenters. The largest absolute Gasteiger partial charge is 0.373 e. The van der Waals surface area contributed by atoms with Gasteiger partial charge in [0.15, 0.2) is 0 Å². The summed E-state index contributed by atoms with van der Waals surface area (Å²) in [5.41, 5.74) is 0.540. The van der Waals surface area contributed by atoms with E-state index in [4.69, 9.17) is 4.74 Å². The molecule has 0 aliphatic carbocycles. The second-order valence-electron chi connectivity index (χ2n) is 5.98. The van der Waals surface area contributed by atoms with E-state index in [-0.39, 0.29) is 23.0 Å². The number of nitrogens with one attached hydrogen (secondary N) is 1. The molecule has 0 saturated carbocycles. The second kappa shape index (κ2) is 8.42. The highest BCUT2D eigenvalue weighted by Gasteiger charge is 2.32. The van der Waals surface area contributed by atoms with E-state index in [2.05, 4.69) is 5.32 Å². The third kappa shape index (κ3) is 5.26. The zero-order valence-corrected chi connectivity index (χ0v) is 15.5. The van der Waals surface area contributed by atoms with Gasteiger partial charge in [0.25, 0.3) is 0 Å². The summed E-state index contributed by atoms with van der Waals surface area (Å²) in [6, 6.07) is 6.18. The molecule has 1 aromatic rings. The lowest BCUT2D eigenvalue weighted by atomic mass is 10.3. The molecule has 1 N–H and O–H groups in total. The molecule has 1 amide bonds. The quantitative estimate of drug-likeness (QED) is 0.643. The minimum Gasteiger partial charge on any atom is -0.373 e. The monoisotopic (exact) mass is 364 g/mol. The van der Waals surface area contributed by atoms with Crippen molar-refractivity contribution in [1.29, 1.82) is 0 Å². The number of rotatable bonds is 5. The average Bonchev–Trinajstić information content (AvgIpc) is 2.54. The number of hydrogen-bond acceptors (Lipinski definition) is 4. The van der Waals surface area contributed by atoms with Crippen LogP contribution in [0.1, 0.15) is 20.8 Å². The summed E-state index contributed by atoms with van der Waals surface area (Å²) >= 11 is 0. The van der Waals surface area contributed by atoms with Crippen molar-refractivity contribution in [2.75, 3.05) is 18.4 Å². The molecule has 7 heteroatoms. The van der Waals surface area contributed by atoms with Gasteiger partial charge in [0.05, 0.1) is 17.1 Å². The number of sulfonamides is 1. The van der Waals surface area contributed by atoms with Gasteiger partial charge < -0.3 is 10.1 Å². The molecule has 2 rings (SSSR count). The standard InChI is InChI=1S/C18H24N2O4S/c1-4-5-6-7-18(21)19-16-8-10-17(11-9-16)25(22,23)20-12-14(2)24-15(3)13-20/h4-11,14-15H,12-13H2,1-3H3,(H,19,21)/b5-4+,7-6+. The van der Waals surface area contributed by atoms with E-state index in [1.54, 1.807) is 24.3 Å². The molecule has 0 radical (unpaired) electrons. The highest BCUT2D eigenvalue weighted by atomic mass is 32.2. The highest BCUT2D eigenvalue weighted by molar-refractivity contribution is 7.89. The van der Waals surface area contributed by atoms with Crippen LogP contribution in [0.25, 0.3) is 0 Å². The third-order valence-electron chi connectivity index (χ3n) is 3.70. The van der Waals surface area contributed by atoms with Crippen LogP contribution in [0.2, 0.25) is 0 Å². The third-order valence-corrected chi connectivity index (χ3v) is 5.54. The van der Waals surface area contributed by atoms with Crippen LogP contribution >= 0.6 is 0 Å². The Hall–Kier alpha value is -1.96. The Bertz CT molecular complexity index is 744. The number of hydrogen-bond donors (Lipinski definition) is 1. The molecule has 1 aromatic carbocycles. The summed E-state index contributed by atoms with van der Waals surface area (Å²) in [5.74, 6) is -0.274. The van der Waals surface area contributed by atoms with Gasteiger partial charge in [0.2, 0.25) is 15.9 Å². The summed E-state index contributed by atoms with van der Waals surface area (Å²) in [4.78, 5) is 11.9. The maximum absolute atomic E-state index is 12.8. The fourth-order valence-electron chi connectivity index (χ4n) is 2.62. The zero-order valence-electron chi connectivity index (χ0n) is 14.7. The van der Waals surface area contributed by atoms with E-state index < -0.39 is 10.0 Å². The van der Waals surface area contributed by atoms with Crippen molar-refractivity contribution in [3.63, 3.8) is 0 Å². The number of benzene rings is 1. The molecule has 25 heavy (non-hydrogen) atoms. The normalized spacial score (nSPS) is 22.5. The van der Waals surface area contributed by atoms with Gasteiger partial charge in [-0.2, -0.15) is 4.31 Å². The Balaban J connectivity index is 2.09. The predicted molar refractivity (Wildman–Crippen MR) is 97.8 cm³/mol. The van der Waals surface area contributed by atoms with E-state index in [1.165, 1.54) is 22.5 Å². The lowest BCUT2D eigenvalue weighted by Crippen LogP contribution is -2.48. The van der Waals surface area contributed by atoms with Gasteiger partial charge in [0.1, 0.15) is 0 Å². The minimum atomic E-state index is -3.57. The number of amides is 1. The van der Waals surface area contributed by atoms with Gasteiger partial charge >= 0.3 is 0 Å². The molecular formula is C18H24N2O4S. The van der Waals surface area contributed by atoms with Gasteiger partial charge in [0, 0.05) is 24.9 Å². The fraction of sp³-hybridized carbons (Fsp3) is 0.389. The Morgan fingerprint density at radius 2 is 1.76 bits per heavy atom. The Kier molecular flexibility index (Phi) is 6.52. The van der Waals surface area contributed by atoms with E-state index in [1.807, 2.05) is 26.8 Å². The van der Waals surface area contributed by atoms with E-state index in [9.17, 15) is 13.2 Å². The highest BCUT2D eigenvalue weighted by Crippen LogP contribution is 2.22. The second-order valence-corrected chi connectivity index (χ2v) is 7.92. The van der Waals surface area contributed by atoms with Crippen LogP contribution in [0.3, 0.4) is 0 Å². The van der Waals surface area contributed by atoms with Crippen molar-refractivity contribution in [2.45, 2.75) is 37.9 Å². The first-order valence-electron chi connectivity index (χ1n) is 8.19. The van der Waals surface area contributed by atoms with Crippen molar-refractivity contribution < 1.29 is 17.9 Å². The zero-order chi connectivity index (χ0) is 18.4. The Morgan fingerprint density at radius 1 is 1.16 bits per heavy atom. The van der Waals surface area contributed by atoms with Crippen LogP contribution in [0.15, 0.2) is 53.5 Å². The Labute approximate surface area is 149 Å². The van der Waals surface area contributed by atoms with Gasteiger partial charge in [-0.1, -0.05) is 18.2 Å².